The van der Waals surface area contributed by atoms with Crippen molar-refractivity contribution in [3.05, 3.63) is 35.9 Å². The number of halogens is 1. The third-order valence-electron chi connectivity index (χ3n) is 2.80. The van der Waals surface area contributed by atoms with Crippen LogP contribution in [0.4, 0.5) is 0 Å². The van der Waals surface area contributed by atoms with E-state index in [0.29, 0.717) is 5.92 Å². The van der Waals surface area contributed by atoms with Crippen molar-refractivity contribution in [2.75, 3.05) is 5.88 Å². The van der Waals surface area contributed by atoms with Gasteiger partial charge < -0.3 is 0 Å². The Morgan fingerprint density at radius 2 is 1.87 bits per heavy atom. The second kappa shape index (κ2) is 7.76. The van der Waals surface area contributed by atoms with E-state index < -0.39 is 0 Å². The molecule has 0 spiro atoms. The van der Waals surface area contributed by atoms with Crippen molar-refractivity contribution in [2.45, 2.75) is 39.0 Å². The molecule has 15 heavy (non-hydrogen) atoms. The van der Waals surface area contributed by atoms with Crippen molar-refractivity contribution in [2.24, 2.45) is 5.92 Å². The van der Waals surface area contributed by atoms with Gasteiger partial charge in [-0.3, -0.25) is 0 Å². The summed E-state index contributed by atoms with van der Waals surface area (Å²) in [6.07, 6.45) is 6.35. The van der Waals surface area contributed by atoms with E-state index in [2.05, 4.69) is 37.3 Å². The van der Waals surface area contributed by atoms with Crippen LogP contribution < -0.4 is 0 Å². The second-order valence-electron chi connectivity index (χ2n) is 4.21. The minimum absolute atomic E-state index is 0.653. The zero-order chi connectivity index (χ0) is 10.9. The Kier molecular flexibility index (Phi) is 6.50. The normalized spacial score (nSPS) is 12.7. The van der Waals surface area contributed by atoms with Gasteiger partial charge in [-0.1, -0.05) is 56.5 Å². The summed E-state index contributed by atoms with van der Waals surface area (Å²) in [5.41, 5.74) is 1.42. The summed E-state index contributed by atoms with van der Waals surface area (Å²) in [5, 5.41) is 0. The standard InChI is InChI=1S/C14H21Cl/c1-2-3-5-10-14(12-15)11-13-8-6-4-7-9-13/h4,6-9,14H,2-3,5,10-12H2,1H3. The summed E-state index contributed by atoms with van der Waals surface area (Å²) < 4.78 is 0. The fourth-order valence-electron chi connectivity index (χ4n) is 1.86. The molecule has 1 heteroatoms. The molecule has 1 unspecified atom stereocenters. The van der Waals surface area contributed by atoms with Gasteiger partial charge in [0.1, 0.15) is 0 Å². The molecule has 0 radical (unpaired) electrons. The first-order chi connectivity index (χ1) is 7.36. The van der Waals surface area contributed by atoms with Crippen LogP contribution in [-0.4, -0.2) is 5.88 Å². The lowest BCUT2D eigenvalue weighted by Gasteiger charge is -2.13. The van der Waals surface area contributed by atoms with Crippen LogP contribution in [0.3, 0.4) is 0 Å². The predicted octanol–water partition coefficient (Wildman–Crippen LogP) is 4.66. The fraction of sp³-hybridized carbons (Fsp3) is 0.571. The average Bonchev–Trinajstić information content (AvgIpc) is 2.29. The Morgan fingerprint density at radius 1 is 1.13 bits per heavy atom. The maximum Gasteiger partial charge on any atom is 0.0254 e. The molecule has 0 nitrogen and oxygen atoms in total. The monoisotopic (exact) mass is 224 g/mol. The highest BCUT2D eigenvalue weighted by Crippen LogP contribution is 2.17. The van der Waals surface area contributed by atoms with E-state index in [-0.39, 0.29) is 0 Å². The average molecular weight is 225 g/mol. The quantitative estimate of drug-likeness (QED) is 0.467. The van der Waals surface area contributed by atoms with Gasteiger partial charge in [0.15, 0.2) is 0 Å². The lowest BCUT2D eigenvalue weighted by molar-refractivity contribution is 0.498. The van der Waals surface area contributed by atoms with E-state index in [1.165, 1.54) is 31.2 Å². The van der Waals surface area contributed by atoms with Crippen molar-refractivity contribution in [1.82, 2.24) is 0 Å². The SMILES string of the molecule is CCCCCC(CCl)Cc1ccccc1. The van der Waals surface area contributed by atoms with Crippen molar-refractivity contribution in [3.8, 4) is 0 Å². The van der Waals surface area contributed by atoms with Gasteiger partial charge in [-0.15, -0.1) is 11.6 Å². The van der Waals surface area contributed by atoms with Crippen LogP contribution in [0, 0.1) is 5.92 Å². The minimum Gasteiger partial charge on any atom is -0.126 e. The predicted molar refractivity (Wildman–Crippen MR) is 68.5 cm³/mol. The third kappa shape index (κ3) is 5.22. The van der Waals surface area contributed by atoms with Gasteiger partial charge in [-0.05, 0) is 24.3 Å². The number of rotatable bonds is 7. The van der Waals surface area contributed by atoms with E-state index in [1.54, 1.807) is 0 Å². The fourth-order valence-corrected chi connectivity index (χ4v) is 2.13. The van der Waals surface area contributed by atoms with Gasteiger partial charge in [0.05, 0.1) is 0 Å². The Labute approximate surface area is 98.7 Å². The highest BCUT2D eigenvalue weighted by Gasteiger charge is 2.07. The molecule has 0 saturated carbocycles. The molecule has 1 aromatic carbocycles. The first-order valence-electron chi connectivity index (χ1n) is 5.96. The topological polar surface area (TPSA) is 0 Å². The van der Waals surface area contributed by atoms with Crippen LogP contribution in [-0.2, 0) is 6.42 Å². The van der Waals surface area contributed by atoms with Gasteiger partial charge in [-0.25, -0.2) is 0 Å². The van der Waals surface area contributed by atoms with Gasteiger partial charge >= 0.3 is 0 Å². The molecule has 0 aliphatic heterocycles. The molecule has 0 fully saturated rings. The number of alkyl halides is 1. The zero-order valence-electron chi connectivity index (χ0n) is 9.58. The van der Waals surface area contributed by atoms with E-state index >= 15 is 0 Å². The van der Waals surface area contributed by atoms with Crippen LogP contribution in [0.2, 0.25) is 0 Å². The maximum atomic E-state index is 6.00. The van der Waals surface area contributed by atoms with E-state index in [0.717, 1.165) is 12.3 Å². The number of hydrogen-bond donors (Lipinski definition) is 0. The Balaban J connectivity index is 2.33. The van der Waals surface area contributed by atoms with Crippen LogP contribution in [0.5, 0.6) is 0 Å². The highest BCUT2D eigenvalue weighted by molar-refractivity contribution is 6.18. The molecule has 0 N–H and O–H groups in total. The molecule has 0 bridgehead atoms. The molecule has 1 atom stereocenters. The molecule has 0 saturated heterocycles. The molecule has 84 valence electrons. The molecule has 1 aromatic rings. The van der Waals surface area contributed by atoms with Gasteiger partial charge in [0.25, 0.3) is 0 Å². The summed E-state index contributed by atoms with van der Waals surface area (Å²) in [7, 11) is 0. The van der Waals surface area contributed by atoms with Crippen LogP contribution in [0.15, 0.2) is 30.3 Å². The smallest absolute Gasteiger partial charge is 0.0254 e. The maximum absolute atomic E-state index is 6.00. The minimum atomic E-state index is 0.653. The number of hydrogen-bond acceptors (Lipinski definition) is 0. The Hall–Kier alpha value is -0.490. The lowest BCUT2D eigenvalue weighted by atomic mass is 9.95. The van der Waals surface area contributed by atoms with Crippen molar-refractivity contribution in [3.63, 3.8) is 0 Å². The molecular weight excluding hydrogens is 204 g/mol. The largest absolute Gasteiger partial charge is 0.126 e. The van der Waals surface area contributed by atoms with E-state index in [9.17, 15) is 0 Å². The highest BCUT2D eigenvalue weighted by atomic mass is 35.5. The third-order valence-corrected chi connectivity index (χ3v) is 3.24. The van der Waals surface area contributed by atoms with Gasteiger partial charge in [-0.2, -0.15) is 0 Å². The molecule has 0 aliphatic carbocycles. The Bertz CT molecular complexity index is 243. The van der Waals surface area contributed by atoms with Gasteiger partial charge in [0.2, 0.25) is 0 Å². The van der Waals surface area contributed by atoms with E-state index in [4.69, 9.17) is 11.6 Å². The molecular formula is C14H21Cl. The summed E-state index contributed by atoms with van der Waals surface area (Å²) >= 11 is 6.00. The second-order valence-corrected chi connectivity index (χ2v) is 4.51. The first-order valence-corrected chi connectivity index (χ1v) is 6.50. The summed E-state index contributed by atoms with van der Waals surface area (Å²) in [5.74, 6) is 1.44. The lowest BCUT2D eigenvalue weighted by Crippen LogP contribution is -2.06. The zero-order valence-corrected chi connectivity index (χ0v) is 10.3. The Morgan fingerprint density at radius 3 is 2.47 bits per heavy atom. The van der Waals surface area contributed by atoms with Crippen LogP contribution in [0.25, 0.3) is 0 Å². The number of benzene rings is 1. The summed E-state index contributed by atoms with van der Waals surface area (Å²) in [6, 6.07) is 10.7. The van der Waals surface area contributed by atoms with Crippen LogP contribution >= 0.6 is 11.6 Å². The molecule has 0 aromatic heterocycles. The van der Waals surface area contributed by atoms with E-state index in [1.807, 2.05) is 0 Å². The molecule has 0 amide bonds. The van der Waals surface area contributed by atoms with Gasteiger partial charge in [0, 0.05) is 5.88 Å². The van der Waals surface area contributed by atoms with Crippen molar-refractivity contribution >= 4 is 11.6 Å². The summed E-state index contributed by atoms with van der Waals surface area (Å²) in [4.78, 5) is 0. The summed E-state index contributed by atoms with van der Waals surface area (Å²) in [6.45, 7) is 2.24. The van der Waals surface area contributed by atoms with Crippen molar-refractivity contribution < 1.29 is 0 Å². The number of unbranched alkanes of at least 4 members (excludes halogenated alkanes) is 2. The molecule has 1 rings (SSSR count). The van der Waals surface area contributed by atoms with Crippen molar-refractivity contribution in [1.29, 1.82) is 0 Å². The molecule has 0 heterocycles. The molecule has 0 aliphatic rings. The van der Waals surface area contributed by atoms with Crippen LogP contribution in [0.1, 0.15) is 38.2 Å². The first kappa shape index (κ1) is 12.6.